The van der Waals surface area contributed by atoms with Gasteiger partial charge in [-0.2, -0.15) is 15.2 Å². The molecule has 2 unspecified atom stereocenters. The third-order valence-corrected chi connectivity index (χ3v) is 8.97. The number of aryl methyl sites for hydroxylation is 1. The maximum absolute atomic E-state index is 16.6. The number of likely N-dealkylation sites (tertiary alicyclic amines) is 1. The van der Waals surface area contributed by atoms with E-state index in [2.05, 4.69) is 34.6 Å². The first-order valence-corrected chi connectivity index (χ1v) is 14.8. The number of aromatic nitrogens is 3. The molecule has 0 radical (unpaired) electrons. The van der Waals surface area contributed by atoms with Gasteiger partial charge in [0.2, 0.25) is 5.91 Å². The van der Waals surface area contributed by atoms with Crippen LogP contribution in [0.25, 0.3) is 22.0 Å². The van der Waals surface area contributed by atoms with Gasteiger partial charge in [0, 0.05) is 54.6 Å². The molecule has 218 valence electrons. The van der Waals surface area contributed by atoms with Crippen molar-refractivity contribution in [3.8, 4) is 23.2 Å². The number of carbonyl (C=O) groups excluding carboxylic acids is 1. The van der Waals surface area contributed by atoms with Crippen LogP contribution in [0.1, 0.15) is 43.2 Å². The first-order valence-electron chi connectivity index (χ1n) is 14.8. The van der Waals surface area contributed by atoms with Gasteiger partial charge in [-0.1, -0.05) is 12.6 Å². The number of rotatable bonds is 7. The Labute approximate surface area is 245 Å². The minimum Gasteiger partial charge on any atom is -0.462 e. The molecule has 2 aliphatic heterocycles. The number of nitriles is 1. The van der Waals surface area contributed by atoms with Crippen molar-refractivity contribution in [3.63, 3.8) is 0 Å². The van der Waals surface area contributed by atoms with E-state index >= 15 is 4.39 Å². The van der Waals surface area contributed by atoms with Crippen molar-refractivity contribution in [3.05, 3.63) is 54.1 Å². The number of piperazine rings is 1. The highest BCUT2D eigenvalue weighted by Gasteiger charge is 2.32. The number of ether oxygens (including phenoxy) is 1. The fraction of sp³-hybridized carbons (Fsp3) is 0.469. The maximum atomic E-state index is 16.6. The standard InChI is InChI=1S/C32H36FN7O2/c1-3-28(41)40-16-15-39(19-22(40)12-13-34)31-26-11-10-25(27-18-35-17-21-7-4-5-9-24(21)27)29(33)30(26)36-32(37-31)42-20-23-8-6-14-38(23)2/h3,10-11,17-18,22-23H,1,4-9,12,14-16,19-20H2,2H3. The molecule has 2 saturated heterocycles. The summed E-state index contributed by atoms with van der Waals surface area (Å²) in [6.45, 7) is 6.29. The Morgan fingerprint density at radius 1 is 1.14 bits per heavy atom. The largest absolute Gasteiger partial charge is 0.462 e. The number of fused-ring (bicyclic) bond motifs is 2. The normalized spacial score (nSPS) is 20.8. The maximum Gasteiger partial charge on any atom is 0.319 e. The van der Waals surface area contributed by atoms with Crippen LogP contribution in [0.2, 0.25) is 0 Å². The summed E-state index contributed by atoms with van der Waals surface area (Å²) in [5.41, 5.74) is 3.83. The number of hydrogen-bond donors (Lipinski definition) is 0. The van der Waals surface area contributed by atoms with Gasteiger partial charge in [-0.05, 0) is 75.4 Å². The van der Waals surface area contributed by atoms with Crippen LogP contribution in [-0.4, -0.2) is 82.6 Å². The molecule has 3 aromatic rings. The molecular formula is C32H36FN7O2. The highest BCUT2D eigenvalue weighted by atomic mass is 19.1. The number of benzene rings is 1. The molecule has 2 aromatic heterocycles. The summed E-state index contributed by atoms with van der Waals surface area (Å²) in [6.07, 6.45) is 11.3. The number of nitrogens with zero attached hydrogens (tertiary/aromatic N) is 7. The average molecular weight is 570 g/mol. The molecule has 9 nitrogen and oxygen atoms in total. The van der Waals surface area contributed by atoms with Crippen LogP contribution in [0.5, 0.6) is 6.01 Å². The van der Waals surface area contributed by atoms with Crippen LogP contribution >= 0.6 is 0 Å². The van der Waals surface area contributed by atoms with Crippen molar-refractivity contribution in [2.24, 2.45) is 0 Å². The Bertz CT molecular complexity index is 1550. The van der Waals surface area contributed by atoms with E-state index in [0.717, 1.165) is 56.2 Å². The predicted octanol–water partition coefficient (Wildman–Crippen LogP) is 4.30. The van der Waals surface area contributed by atoms with Gasteiger partial charge >= 0.3 is 6.01 Å². The van der Waals surface area contributed by atoms with Crippen LogP contribution in [0, 0.1) is 17.1 Å². The van der Waals surface area contributed by atoms with Gasteiger partial charge in [0.1, 0.15) is 17.9 Å². The fourth-order valence-corrected chi connectivity index (χ4v) is 6.63. The molecule has 4 heterocycles. The van der Waals surface area contributed by atoms with E-state index in [1.807, 2.05) is 17.2 Å². The number of carbonyl (C=O) groups is 1. The van der Waals surface area contributed by atoms with E-state index in [9.17, 15) is 10.1 Å². The van der Waals surface area contributed by atoms with E-state index in [0.29, 0.717) is 43.0 Å². The van der Waals surface area contributed by atoms with Gasteiger partial charge < -0.3 is 19.4 Å². The third-order valence-electron chi connectivity index (χ3n) is 8.97. The Kier molecular flexibility index (Phi) is 8.02. The SMILES string of the molecule is C=CC(=O)N1CCN(c2nc(OCC3CCCN3C)nc3c(F)c(-c4cncc5c4CCCC5)ccc23)CC1CC#N. The van der Waals surface area contributed by atoms with Crippen molar-refractivity contribution in [1.29, 1.82) is 5.26 Å². The Morgan fingerprint density at radius 3 is 2.79 bits per heavy atom. The van der Waals surface area contributed by atoms with Crippen molar-refractivity contribution in [1.82, 2.24) is 24.8 Å². The smallest absolute Gasteiger partial charge is 0.319 e. The zero-order valence-corrected chi connectivity index (χ0v) is 24.1. The van der Waals surface area contributed by atoms with E-state index in [1.165, 1.54) is 11.6 Å². The second kappa shape index (κ2) is 12.0. The molecule has 2 atom stereocenters. The van der Waals surface area contributed by atoms with Crippen LogP contribution in [-0.2, 0) is 17.6 Å². The first-order chi connectivity index (χ1) is 20.5. The molecule has 2 fully saturated rings. The molecule has 1 aromatic carbocycles. The monoisotopic (exact) mass is 569 g/mol. The lowest BCUT2D eigenvalue weighted by Crippen LogP contribution is -2.55. The average Bonchev–Trinajstić information content (AvgIpc) is 3.44. The lowest BCUT2D eigenvalue weighted by molar-refractivity contribution is -0.128. The predicted molar refractivity (Wildman–Crippen MR) is 159 cm³/mol. The molecule has 1 amide bonds. The van der Waals surface area contributed by atoms with Gasteiger partial charge in [-0.25, -0.2) is 4.39 Å². The van der Waals surface area contributed by atoms with Crippen molar-refractivity contribution in [2.75, 3.05) is 44.7 Å². The molecule has 6 rings (SSSR count). The van der Waals surface area contributed by atoms with E-state index in [1.54, 1.807) is 17.2 Å². The van der Waals surface area contributed by atoms with Crippen molar-refractivity contribution < 1.29 is 13.9 Å². The van der Waals surface area contributed by atoms with Gasteiger partial charge in [0.15, 0.2) is 5.82 Å². The number of hydrogen-bond acceptors (Lipinski definition) is 8. The Hall–Kier alpha value is -4.10. The van der Waals surface area contributed by atoms with Crippen LogP contribution in [0.3, 0.4) is 0 Å². The number of likely N-dealkylation sites (N-methyl/N-ethyl adjacent to an activating group) is 1. The van der Waals surface area contributed by atoms with Crippen LogP contribution < -0.4 is 9.64 Å². The van der Waals surface area contributed by atoms with Gasteiger partial charge in [0.05, 0.1) is 18.5 Å². The molecule has 3 aliphatic rings. The molecule has 0 bridgehead atoms. The summed E-state index contributed by atoms with van der Waals surface area (Å²) in [4.78, 5) is 32.3. The number of pyridine rings is 1. The van der Waals surface area contributed by atoms with E-state index in [-0.39, 0.29) is 35.9 Å². The second-order valence-electron chi connectivity index (χ2n) is 11.5. The summed E-state index contributed by atoms with van der Waals surface area (Å²) < 4.78 is 22.7. The molecule has 0 N–H and O–H groups in total. The Balaban J connectivity index is 1.42. The summed E-state index contributed by atoms with van der Waals surface area (Å²) in [5.74, 6) is -0.0847. The van der Waals surface area contributed by atoms with Crippen molar-refractivity contribution in [2.45, 2.75) is 57.0 Å². The lowest BCUT2D eigenvalue weighted by atomic mass is 9.87. The molecule has 1 aliphatic carbocycles. The molecule has 10 heteroatoms. The highest BCUT2D eigenvalue weighted by molar-refractivity contribution is 5.94. The summed E-state index contributed by atoms with van der Waals surface area (Å²) in [5, 5.41) is 10.0. The molecule has 42 heavy (non-hydrogen) atoms. The number of anilines is 1. The zero-order valence-electron chi connectivity index (χ0n) is 24.1. The first kappa shape index (κ1) is 28.0. The minimum absolute atomic E-state index is 0.128. The topological polar surface area (TPSA) is 98.5 Å². The quantitative estimate of drug-likeness (QED) is 0.389. The number of halogens is 1. The second-order valence-corrected chi connectivity index (χ2v) is 11.5. The van der Waals surface area contributed by atoms with E-state index < -0.39 is 5.82 Å². The zero-order chi connectivity index (χ0) is 29.2. The molecule has 0 spiro atoms. The summed E-state index contributed by atoms with van der Waals surface area (Å²) in [7, 11) is 2.08. The summed E-state index contributed by atoms with van der Waals surface area (Å²) >= 11 is 0. The van der Waals surface area contributed by atoms with Crippen LogP contribution in [0.4, 0.5) is 10.2 Å². The number of amides is 1. The molecular weight excluding hydrogens is 533 g/mol. The van der Waals surface area contributed by atoms with Gasteiger partial charge in [0.25, 0.3) is 0 Å². The van der Waals surface area contributed by atoms with Crippen molar-refractivity contribution >= 4 is 22.6 Å². The highest BCUT2D eigenvalue weighted by Crippen LogP contribution is 2.37. The fourth-order valence-electron chi connectivity index (χ4n) is 6.63. The van der Waals surface area contributed by atoms with Gasteiger partial charge in [-0.3, -0.25) is 9.78 Å². The van der Waals surface area contributed by atoms with Crippen LogP contribution in [0.15, 0.2) is 37.2 Å². The third kappa shape index (κ3) is 5.29. The lowest BCUT2D eigenvalue weighted by Gasteiger charge is -2.41. The van der Waals surface area contributed by atoms with E-state index in [4.69, 9.17) is 9.72 Å². The Morgan fingerprint density at radius 2 is 2.00 bits per heavy atom. The molecule has 0 saturated carbocycles. The van der Waals surface area contributed by atoms with Gasteiger partial charge in [-0.15, -0.1) is 0 Å². The summed E-state index contributed by atoms with van der Waals surface area (Å²) in [6, 6.07) is 5.91. The minimum atomic E-state index is -0.422.